The van der Waals surface area contributed by atoms with Crippen molar-refractivity contribution >= 4 is 34.7 Å². The quantitative estimate of drug-likeness (QED) is 0.879. The van der Waals surface area contributed by atoms with Crippen molar-refractivity contribution in [3.63, 3.8) is 0 Å². The number of amides is 1. The van der Waals surface area contributed by atoms with Crippen LogP contribution in [-0.4, -0.2) is 21.4 Å². The van der Waals surface area contributed by atoms with Crippen LogP contribution in [0.5, 0.6) is 0 Å². The summed E-state index contributed by atoms with van der Waals surface area (Å²) in [6, 6.07) is 7.74. The predicted molar refractivity (Wildman–Crippen MR) is 79.8 cm³/mol. The number of benzene rings is 1. The lowest BCUT2D eigenvalue weighted by Crippen LogP contribution is -2.22. The van der Waals surface area contributed by atoms with Gasteiger partial charge in [-0.3, -0.25) is 4.79 Å². The third kappa shape index (κ3) is 3.78. The van der Waals surface area contributed by atoms with Crippen LogP contribution < -0.4 is 5.32 Å². The molecule has 2 aromatic rings. The molecular weight excluding hydrogens is 278 g/mol. The summed E-state index contributed by atoms with van der Waals surface area (Å²) in [6.07, 6.45) is 0. The number of thioether (sulfide) groups is 1. The lowest BCUT2D eigenvalue weighted by atomic mass is 10.2. The molecule has 0 spiro atoms. The highest BCUT2D eigenvalue weighted by Gasteiger charge is 2.17. The van der Waals surface area contributed by atoms with Gasteiger partial charge in [0.05, 0.1) is 5.25 Å². The Bertz CT molecular complexity index is 583. The van der Waals surface area contributed by atoms with Crippen LogP contribution in [0.2, 0.25) is 0 Å². The van der Waals surface area contributed by atoms with Gasteiger partial charge in [0.25, 0.3) is 0 Å². The van der Waals surface area contributed by atoms with Crippen LogP contribution in [-0.2, 0) is 4.79 Å². The van der Waals surface area contributed by atoms with Gasteiger partial charge in [-0.25, -0.2) is 0 Å². The van der Waals surface area contributed by atoms with Crippen LogP contribution in [0.15, 0.2) is 28.6 Å². The fourth-order valence-corrected chi connectivity index (χ4v) is 3.44. The van der Waals surface area contributed by atoms with Crippen LogP contribution in [0.3, 0.4) is 0 Å². The fourth-order valence-electron chi connectivity index (χ4n) is 1.48. The molecule has 1 amide bonds. The molecule has 0 aliphatic carbocycles. The number of carbonyl (C=O) groups excluding carboxylic acids is 1. The maximum Gasteiger partial charge on any atom is 0.237 e. The third-order valence-corrected chi connectivity index (χ3v) is 4.58. The first kappa shape index (κ1) is 14.0. The van der Waals surface area contributed by atoms with E-state index in [4.69, 9.17) is 0 Å². The molecule has 1 aromatic carbocycles. The SMILES string of the molecule is Cc1nnc(SC(C)C(=O)Nc2ccccc2C)s1. The molecule has 2 rings (SSSR count). The molecule has 6 heteroatoms. The number of nitrogens with zero attached hydrogens (tertiary/aromatic N) is 2. The second-order valence-electron chi connectivity index (χ2n) is 4.15. The highest BCUT2D eigenvalue weighted by molar-refractivity contribution is 8.02. The number of rotatable bonds is 4. The number of hydrogen-bond acceptors (Lipinski definition) is 5. The molecule has 1 N–H and O–H groups in total. The second kappa shape index (κ2) is 6.16. The molecule has 19 heavy (non-hydrogen) atoms. The molecule has 1 unspecified atom stereocenters. The summed E-state index contributed by atoms with van der Waals surface area (Å²) < 4.78 is 0.824. The van der Waals surface area contributed by atoms with Gasteiger partial charge < -0.3 is 5.32 Å². The number of para-hydroxylation sites is 1. The Labute approximate surface area is 120 Å². The van der Waals surface area contributed by atoms with Gasteiger partial charge in [-0.1, -0.05) is 41.3 Å². The zero-order valence-electron chi connectivity index (χ0n) is 11.0. The Morgan fingerprint density at radius 1 is 1.32 bits per heavy atom. The second-order valence-corrected chi connectivity index (χ2v) is 6.92. The highest BCUT2D eigenvalue weighted by atomic mass is 32.2. The Morgan fingerprint density at radius 3 is 2.68 bits per heavy atom. The standard InChI is InChI=1S/C13H15N3OS2/c1-8-6-4-5-7-11(8)14-12(17)9(2)18-13-16-15-10(3)19-13/h4-7,9H,1-3H3,(H,14,17). The lowest BCUT2D eigenvalue weighted by molar-refractivity contribution is -0.115. The molecule has 0 aliphatic rings. The summed E-state index contributed by atoms with van der Waals surface area (Å²) in [5.74, 6) is -0.0212. The van der Waals surface area contributed by atoms with Gasteiger partial charge in [-0.2, -0.15) is 0 Å². The van der Waals surface area contributed by atoms with Crippen molar-refractivity contribution in [3.8, 4) is 0 Å². The molecule has 0 fully saturated rings. The van der Waals surface area contributed by atoms with Gasteiger partial charge in [0.1, 0.15) is 5.01 Å². The lowest BCUT2D eigenvalue weighted by Gasteiger charge is -2.11. The van der Waals surface area contributed by atoms with Crippen molar-refractivity contribution in [2.75, 3.05) is 5.32 Å². The molecule has 0 aliphatic heterocycles. The summed E-state index contributed by atoms with van der Waals surface area (Å²) in [4.78, 5) is 12.1. The maximum absolute atomic E-state index is 12.1. The van der Waals surface area contributed by atoms with Crippen LogP contribution in [0.4, 0.5) is 5.69 Å². The zero-order valence-corrected chi connectivity index (χ0v) is 12.6. The van der Waals surface area contributed by atoms with E-state index in [2.05, 4.69) is 15.5 Å². The Balaban J connectivity index is 1.98. The fraction of sp³-hybridized carbons (Fsp3) is 0.308. The van der Waals surface area contributed by atoms with Crippen LogP contribution in [0.1, 0.15) is 17.5 Å². The molecule has 4 nitrogen and oxygen atoms in total. The smallest absolute Gasteiger partial charge is 0.237 e. The molecule has 0 saturated carbocycles. The van der Waals surface area contributed by atoms with Crippen molar-refractivity contribution in [1.29, 1.82) is 0 Å². The largest absolute Gasteiger partial charge is 0.325 e. The van der Waals surface area contributed by atoms with E-state index in [0.29, 0.717) is 0 Å². The molecule has 0 radical (unpaired) electrons. The van der Waals surface area contributed by atoms with Crippen LogP contribution in [0, 0.1) is 13.8 Å². The minimum atomic E-state index is -0.202. The van der Waals surface area contributed by atoms with E-state index in [0.717, 1.165) is 20.6 Å². The number of carbonyl (C=O) groups is 1. The van der Waals surface area contributed by atoms with Crippen molar-refractivity contribution in [3.05, 3.63) is 34.8 Å². The van der Waals surface area contributed by atoms with E-state index >= 15 is 0 Å². The number of hydrogen-bond donors (Lipinski definition) is 1. The average molecular weight is 293 g/mol. The molecule has 100 valence electrons. The van der Waals surface area contributed by atoms with E-state index in [-0.39, 0.29) is 11.2 Å². The van der Waals surface area contributed by atoms with Crippen LogP contribution >= 0.6 is 23.1 Å². The van der Waals surface area contributed by atoms with E-state index in [9.17, 15) is 4.79 Å². The van der Waals surface area contributed by atoms with E-state index in [1.807, 2.05) is 45.0 Å². The number of nitrogens with one attached hydrogen (secondary N) is 1. The van der Waals surface area contributed by atoms with Crippen molar-refractivity contribution in [2.45, 2.75) is 30.4 Å². The first-order chi connectivity index (χ1) is 9.06. The zero-order chi connectivity index (χ0) is 13.8. The van der Waals surface area contributed by atoms with Gasteiger partial charge in [-0.15, -0.1) is 10.2 Å². The topological polar surface area (TPSA) is 54.9 Å². The average Bonchev–Trinajstić information content (AvgIpc) is 2.77. The Hall–Kier alpha value is -1.40. The maximum atomic E-state index is 12.1. The van der Waals surface area contributed by atoms with Gasteiger partial charge in [-0.05, 0) is 32.4 Å². The Morgan fingerprint density at radius 2 is 2.05 bits per heavy atom. The number of aryl methyl sites for hydroxylation is 2. The van der Waals surface area contributed by atoms with E-state index < -0.39 is 0 Å². The highest BCUT2D eigenvalue weighted by Crippen LogP contribution is 2.27. The molecule has 1 heterocycles. The summed E-state index contributed by atoms with van der Waals surface area (Å²) in [5.41, 5.74) is 1.91. The van der Waals surface area contributed by atoms with Gasteiger partial charge in [0, 0.05) is 5.69 Å². The monoisotopic (exact) mass is 293 g/mol. The van der Waals surface area contributed by atoms with E-state index in [1.54, 1.807) is 0 Å². The minimum absolute atomic E-state index is 0.0212. The van der Waals surface area contributed by atoms with Gasteiger partial charge in [0.15, 0.2) is 4.34 Å². The van der Waals surface area contributed by atoms with E-state index in [1.165, 1.54) is 23.1 Å². The summed E-state index contributed by atoms with van der Waals surface area (Å²) >= 11 is 2.93. The predicted octanol–water partition coefficient (Wildman–Crippen LogP) is 3.27. The normalized spacial score (nSPS) is 12.2. The molecule has 1 atom stereocenters. The number of anilines is 1. The van der Waals surface area contributed by atoms with Gasteiger partial charge in [0.2, 0.25) is 5.91 Å². The number of aromatic nitrogens is 2. The van der Waals surface area contributed by atoms with Crippen molar-refractivity contribution in [1.82, 2.24) is 10.2 Å². The first-order valence-electron chi connectivity index (χ1n) is 5.89. The Kier molecular flexibility index (Phi) is 4.55. The first-order valence-corrected chi connectivity index (χ1v) is 7.59. The summed E-state index contributed by atoms with van der Waals surface area (Å²) in [7, 11) is 0. The minimum Gasteiger partial charge on any atom is -0.325 e. The molecule has 0 bridgehead atoms. The molecular formula is C13H15N3OS2. The van der Waals surface area contributed by atoms with Gasteiger partial charge >= 0.3 is 0 Å². The van der Waals surface area contributed by atoms with Crippen LogP contribution in [0.25, 0.3) is 0 Å². The summed E-state index contributed by atoms with van der Waals surface area (Å²) in [6.45, 7) is 5.75. The molecule has 1 aromatic heterocycles. The summed E-state index contributed by atoms with van der Waals surface area (Å²) in [5, 5.41) is 11.6. The van der Waals surface area contributed by atoms with Crippen molar-refractivity contribution < 1.29 is 4.79 Å². The van der Waals surface area contributed by atoms with Crippen molar-refractivity contribution in [2.24, 2.45) is 0 Å². The third-order valence-electron chi connectivity index (χ3n) is 2.56. The molecule has 0 saturated heterocycles.